The molecule has 2 amide bonds. The second-order valence-corrected chi connectivity index (χ2v) is 7.63. The molecule has 0 unspecified atom stereocenters. The van der Waals surface area contributed by atoms with Crippen molar-refractivity contribution in [1.29, 1.82) is 0 Å². The number of benzene rings is 3. The van der Waals surface area contributed by atoms with E-state index >= 15 is 0 Å². The van der Waals surface area contributed by atoms with Crippen molar-refractivity contribution in [1.82, 2.24) is 10.9 Å². The molecule has 0 radical (unpaired) electrons. The van der Waals surface area contributed by atoms with Crippen LogP contribution in [0.2, 0.25) is 5.02 Å². The minimum absolute atomic E-state index is 0.202. The Labute approximate surface area is 187 Å². The summed E-state index contributed by atoms with van der Waals surface area (Å²) in [6.07, 6.45) is 1.60. The second-order valence-electron chi connectivity index (χ2n) is 7.19. The fourth-order valence-corrected chi connectivity index (χ4v) is 3.15. The van der Waals surface area contributed by atoms with Crippen LogP contribution in [0.4, 0.5) is 5.69 Å². The smallest absolute Gasteiger partial charge is 0.250 e. The van der Waals surface area contributed by atoms with Crippen LogP contribution in [0.1, 0.15) is 18.1 Å². The van der Waals surface area contributed by atoms with Crippen molar-refractivity contribution >= 4 is 29.1 Å². The van der Waals surface area contributed by atoms with Crippen LogP contribution in [-0.4, -0.2) is 11.8 Å². The number of hydrazine groups is 1. The maximum absolute atomic E-state index is 12.2. The Morgan fingerprint density at radius 1 is 0.903 bits per heavy atom. The standard InChI is InChI=1S/C25H24ClN3O2/c1-17-8-13-22(26)16-23(17)27-24(30)14-18(2)28-29-25(31)15-19-9-11-21(12-10-19)20-6-4-3-5-7-20/h3-14,16,28H,15H2,1-2H3,(H,27,30)(H,29,31). The molecular weight excluding hydrogens is 410 g/mol. The zero-order valence-electron chi connectivity index (χ0n) is 17.4. The molecule has 0 saturated heterocycles. The summed E-state index contributed by atoms with van der Waals surface area (Å²) in [4.78, 5) is 24.4. The van der Waals surface area contributed by atoms with Gasteiger partial charge in [-0.3, -0.25) is 15.0 Å². The molecule has 0 bridgehead atoms. The maximum atomic E-state index is 12.2. The van der Waals surface area contributed by atoms with Crippen LogP contribution < -0.4 is 16.2 Å². The predicted molar refractivity (Wildman–Crippen MR) is 125 cm³/mol. The first-order valence-electron chi connectivity index (χ1n) is 9.85. The Morgan fingerprint density at radius 2 is 1.58 bits per heavy atom. The molecule has 3 rings (SSSR count). The summed E-state index contributed by atoms with van der Waals surface area (Å²) < 4.78 is 0. The number of allylic oxidation sites excluding steroid dienone is 1. The van der Waals surface area contributed by atoms with Gasteiger partial charge in [0.25, 0.3) is 0 Å². The van der Waals surface area contributed by atoms with Crippen molar-refractivity contribution in [2.45, 2.75) is 20.3 Å². The summed E-state index contributed by atoms with van der Waals surface area (Å²) in [5, 5.41) is 3.32. The predicted octanol–water partition coefficient (Wildman–Crippen LogP) is 5.02. The van der Waals surface area contributed by atoms with E-state index in [1.165, 1.54) is 6.08 Å². The highest BCUT2D eigenvalue weighted by molar-refractivity contribution is 6.31. The third-order valence-electron chi connectivity index (χ3n) is 4.63. The normalized spacial score (nSPS) is 11.0. The minimum atomic E-state index is -0.318. The van der Waals surface area contributed by atoms with Crippen LogP contribution in [0, 0.1) is 6.92 Å². The van der Waals surface area contributed by atoms with Gasteiger partial charge < -0.3 is 10.7 Å². The lowest BCUT2D eigenvalue weighted by molar-refractivity contribution is -0.121. The molecule has 0 aliphatic carbocycles. The van der Waals surface area contributed by atoms with Gasteiger partial charge in [0.2, 0.25) is 11.8 Å². The van der Waals surface area contributed by atoms with Crippen molar-refractivity contribution in [2.75, 3.05) is 5.32 Å². The number of nitrogens with one attached hydrogen (secondary N) is 3. The van der Waals surface area contributed by atoms with Gasteiger partial charge in [-0.15, -0.1) is 0 Å². The molecule has 0 spiro atoms. The highest BCUT2D eigenvalue weighted by Crippen LogP contribution is 2.20. The quantitative estimate of drug-likeness (QED) is 0.362. The van der Waals surface area contributed by atoms with Crippen LogP contribution in [0.5, 0.6) is 0 Å². The lowest BCUT2D eigenvalue weighted by Crippen LogP contribution is -2.37. The van der Waals surface area contributed by atoms with Crippen LogP contribution in [0.25, 0.3) is 11.1 Å². The van der Waals surface area contributed by atoms with Gasteiger partial charge >= 0.3 is 0 Å². The average Bonchev–Trinajstić information content (AvgIpc) is 2.76. The molecule has 0 heterocycles. The van der Waals surface area contributed by atoms with E-state index < -0.39 is 0 Å². The van der Waals surface area contributed by atoms with Crippen molar-refractivity contribution in [3.05, 3.63) is 101 Å². The Morgan fingerprint density at radius 3 is 2.29 bits per heavy atom. The molecule has 31 heavy (non-hydrogen) atoms. The molecule has 3 aromatic carbocycles. The van der Waals surface area contributed by atoms with E-state index in [1.54, 1.807) is 19.1 Å². The summed E-state index contributed by atoms with van der Waals surface area (Å²) in [6, 6.07) is 23.2. The first-order chi connectivity index (χ1) is 14.9. The van der Waals surface area contributed by atoms with E-state index in [0.29, 0.717) is 16.4 Å². The van der Waals surface area contributed by atoms with Gasteiger partial charge in [-0.25, -0.2) is 0 Å². The molecule has 0 saturated carbocycles. The van der Waals surface area contributed by atoms with Crippen LogP contribution in [0.15, 0.2) is 84.6 Å². The van der Waals surface area contributed by atoms with Crippen molar-refractivity contribution in [2.24, 2.45) is 0 Å². The highest BCUT2D eigenvalue weighted by atomic mass is 35.5. The first-order valence-corrected chi connectivity index (χ1v) is 10.2. The van der Waals surface area contributed by atoms with E-state index in [-0.39, 0.29) is 18.2 Å². The molecule has 3 aromatic rings. The molecule has 0 aliphatic rings. The van der Waals surface area contributed by atoms with E-state index in [0.717, 1.165) is 22.3 Å². The fraction of sp³-hybridized carbons (Fsp3) is 0.120. The van der Waals surface area contributed by atoms with E-state index in [9.17, 15) is 9.59 Å². The summed E-state index contributed by atoms with van der Waals surface area (Å²) in [6.45, 7) is 3.58. The highest BCUT2D eigenvalue weighted by Gasteiger charge is 2.06. The number of halogens is 1. The molecule has 6 heteroatoms. The van der Waals surface area contributed by atoms with Crippen LogP contribution in [-0.2, 0) is 16.0 Å². The molecule has 0 atom stereocenters. The number of carbonyl (C=O) groups is 2. The Bertz CT molecular complexity index is 1090. The zero-order valence-corrected chi connectivity index (χ0v) is 18.2. The van der Waals surface area contributed by atoms with Crippen molar-refractivity contribution < 1.29 is 9.59 Å². The molecule has 158 valence electrons. The number of hydrogen-bond acceptors (Lipinski definition) is 3. The van der Waals surface area contributed by atoms with Crippen molar-refractivity contribution in [3.63, 3.8) is 0 Å². The van der Waals surface area contributed by atoms with E-state index in [2.05, 4.69) is 16.2 Å². The van der Waals surface area contributed by atoms with Gasteiger partial charge in [-0.2, -0.15) is 0 Å². The minimum Gasteiger partial charge on any atom is -0.322 e. The molecule has 5 nitrogen and oxygen atoms in total. The monoisotopic (exact) mass is 433 g/mol. The molecule has 0 aromatic heterocycles. The number of rotatable bonds is 7. The van der Waals surface area contributed by atoms with Gasteiger partial charge in [0.1, 0.15) is 0 Å². The third kappa shape index (κ3) is 6.73. The Balaban J connectivity index is 1.49. The number of aryl methyl sites for hydroxylation is 1. The van der Waals surface area contributed by atoms with Crippen molar-refractivity contribution in [3.8, 4) is 11.1 Å². The Kier molecular flexibility index (Phi) is 7.46. The first kappa shape index (κ1) is 22.1. The van der Waals surface area contributed by atoms with Gasteiger partial charge in [0, 0.05) is 22.5 Å². The lowest BCUT2D eigenvalue weighted by Gasteiger charge is -2.10. The third-order valence-corrected chi connectivity index (χ3v) is 4.87. The number of anilines is 1. The zero-order chi connectivity index (χ0) is 22.2. The van der Waals surface area contributed by atoms with E-state index in [1.807, 2.05) is 67.6 Å². The van der Waals surface area contributed by atoms with Gasteiger partial charge in [0.15, 0.2) is 0 Å². The SMILES string of the molecule is CC(=CC(=O)Nc1cc(Cl)ccc1C)NNC(=O)Cc1ccc(-c2ccccc2)cc1. The summed E-state index contributed by atoms with van der Waals surface area (Å²) in [7, 11) is 0. The lowest BCUT2D eigenvalue weighted by atomic mass is 10.0. The number of amides is 2. The summed E-state index contributed by atoms with van der Waals surface area (Å²) in [5.41, 5.74) is 10.5. The Hall–Kier alpha value is -3.57. The maximum Gasteiger partial charge on any atom is 0.250 e. The topological polar surface area (TPSA) is 70.2 Å². The largest absolute Gasteiger partial charge is 0.322 e. The molecule has 0 aliphatic heterocycles. The van der Waals surface area contributed by atoms with Gasteiger partial charge in [0.05, 0.1) is 6.42 Å². The van der Waals surface area contributed by atoms with Gasteiger partial charge in [-0.05, 0) is 48.2 Å². The fourth-order valence-electron chi connectivity index (χ4n) is 2.97. The number of carbonyl (C=O) groups excluding carboxylic acids is 2. The van der Waals surface area contributed by atoms with Gasteiger partial charge in [-0.1, -0.05) is 72.3 Å². The average molecular weight is 434 g/mol. The van der Waals surface area contributed by atoms with E-state index in [4.69, 9.17) is 11.6 Å². The van der Waals surface area contributed by atoms with Crippen LogP contribution >= 0.6 is 11.6 Å². The number of hydrogen-bond donors (Lipinski definition) is 3. The second kappa shape index (κ2) is 10.5. The molecule has 0 fully saturated rings. The summed E-state index contributed by atoms with van der Waals surface area (Å²) >= 11 is 5.97. The molecular formula is C25H24ClN3O2. The summed E-state index contributed by atoms with van der Waals surface area (Å²) in [5.74, 6) is -0.521. The van der Waals surface area contributed by atoms with Crippen LogP contribution in [0.3, 0.4) is 0 Å². The molecule has 3 N–H and O–H groups in total.